The number of quaternary nitrogens is 1. The van der Waals surface area contributed by atoms with Gasteiger partial charge in [0.15, 0.2) is 5.70 Å². The molecule has 0 saturated carbocycles. The fourth-order valence-corrected chi connectivity index (χ4v) is 15.9. The van der Waals surface area contributed by atoms with Gasteiger partial charge in [-0.2, -0.15) is 0 Å². The highest BCUT2D eigenvalue weighted by atomic mass is 32.1. The summed E-state index contributed by atoms with van der Waals surface area (Å²) in [7, 11) is 1.85. The molecule has 9 heterocycles. The van der Waals surface area contributed by atoms with Crippen LogP contribution in [0.15, 0.2) is 93.7 Å². The van der Waals surface area contributed by atoms with Crippen molar-refractivity contribution in [2.45, 2.75) is 125 Å². The number of carbonyl (C=O) groups is 3. The van der Waals surface area contributed by atoms with Crippen molar-refractivity contribution in [3.63, 3.8) is 0 Å². The monoisotopic (exact) mass is 1030 g/mol. The number of amides is 3. The molecule has 5 unspecified atom stereocenters. The predicted molar refractivity (Wildman–Crippen MR) is 295 cm³/mol. The molecule has 70 heavy (non-hydrogen) atoms. The van der Waals surface area contributed by atoms with Crippen molar-refractivity contribution in [1.29, 1.82) is 0 Å². The van der Waals surface area contributed by atoms with Crippen molar-refractivity contribution in [2.75, 3.05) is 26.7 Å². The smallest absolute Gasteiger partial charge is 0.264 e. The van der Waals surface area contributed by atoms with Crippen LogP contribution >= 0.6 is 56.7 Å². The van der Waals surface area contributed by atoms with Crippen LogP contribution in [0.2, 0.25) is 0 Å². The Morgan fingerprint density at radius 1 is 0.529 bits per heavy atom. The Bertz CT molecular complexity index is 2820. The van der Waals surface area contributed by atoms with Crippen LogP contribution in [0.5, 0.6) is 0 Å². The van der Waals surface area contributed by atoms with Crippen molar-refractivity contribution in [2.24, 2.45) is 17.8 Å². The maximum absolute atomic E-state index is 15.1. The van der Waals surface area contributed by atoms with E-state index < -0.39 is 6.23 Å². The number of fused-ring (bicyclic) bond motifs is 2. The van der Waals surface area contributed by atoms with Gasteiger partial charge in [-0.3, -0.25) is 19.3 Å². The molecule has 4 aliphatic rings. The summed E-state index contributed by atoms with van der Waals surface area (Å²) in [4.78, 5) is 59.5. The molecule has 0 spiro atoms. The Balaban J connectivity index is 1.05. The minimum absolute atomic E-state index is 0.0463. The molecule has 8 nitrogen and oxygen atoms in total. The summed E-state index contributed by atoms with van der Waals surface area (Å²) >= 11 is 8.29. The number of unbranched alkanes of at least 4 members (excludes halogenated alkanes) is 3. The number of carbonyl (C=O) groups excluding carboxylic acids is 3. The first-order valence-electron chi connectivity index (χ1n) is 25.9. The normalized spacial score (nSPS) is 19.6. The van der Waals surface area contributed by atoms with Crippen molar-refractivity contribution < 1.29 is 24.4 Å². The largest absolute Gasteiger partial charge is 0.341 e. The SMILES string of the molecule is CCCCC(CC)CN1C(=O)C2=C(c3ccc(-c4ccc(-c5ccc(C6=C7C(=C(c8cccs8)[NH+](CC(CC)CCCC)C7O)C(=O)N6C)s5)s4)s3)N(CC(CC)CCCC)C(=O)C2=C1c1cccs1. The van der Waals surface area contributed by atoms with Gasteiger partial charge < -0.3 is 19.8 Å². The summed E-state index contributed by atoms with van der Waals surface area (Å²) in [6, 6.07) is 21.1. The lowest BCUT2D eigenvalue weighted by Crippen LogP contribution is -3.13. The van der Waals surface area contributed by atoms with Crippen LogP contribution in [0.25, 0.3) is 42.3 Å². The molecule has 0 aliphatic carbocycles. The lowest BCUT2D eigenvalue weighted by atomic mass is 9.98. The molecule has 5 atom stereocenters. The summed E-state index contributed by atoms with van der Waals surface area (Å²) in [5, 5.41) is 16.4. The zero-order valence-electron chi connectivity index (χ0n) is 41.9. The number of hydrogen-bond donors (Lipinski definition) is 2. The van der Waals surface area contributed by atoms with E-state index in [0.29, 0.717) is 47.6 Å². The quantitative estimate of drug-likeness (QED) is 0.0645. The van der Waals surface area contributed by atoms with Crippen molar-refractivity contribution in [3.05, 3.63) is 113 Å². The Morgan fingerprint density at radius 2 is 0.957 bits per heavy atom. The Morgan fingerprint density at radius 3 is 1.41 bits per heavy atom. The van der Waals surface area contributed by atoms with E-state index in [4.69, 9.17) is 0 Å². The zero-order valence-corrected chi connectivity index (χ0v) is 46.0. The number of rotatable bonds is 24. The minimum atomic E-state index is -0.833. The third kappa shape index (κ3) is 9.49. The highest BCUT2D eigenvalue weighted by Crippen LogP contribution is 2.51. The molecule has 370 valence electrons. The van der Waals surface area contributed by atoms with Crippen molar-refractivity contribution in [1.82, 2.24) is 14.7 Å². The molecule has 9 rings (SSSR count). The summed E-state index contributed by atoms with van der Waals surface area (Å²) in [5.74, 6) is 0.986. The van der Waals surface area contributed by atoms with E-state index >= 15 is 9.59 Å². The van der Waals surface area contributed by atoms with E-state index in [1.54, 1.807) is 61.6 Å². The molecule has 0 aromatic carbocycles. The van der Waals surface area contributed by atoms with E-state index in [2.05, 4.69) is 95.5 Å². The number of thiophene rings is 5. The van der Waals surface area contributed by atoms with Gasteiger partial charge in [-0.1, -0.05) is 105 Å². The van der Waals surface area contributed by atoms with Crippen LogP contribution in [0.4, 0.5) is 0 Å². The van der Waals surface area contributed by atoms with E-state index in [1.165, 1.54) is 0 Å². The lowest BCUT2D eigenvalue weighted by molar-refractivity contribution is -0.871. The average molecular weight is 1030 g/mol. The van der Waals surface area contributed by atoms with Crippen LogP contribution in [0, 0.1) is 17.8 Å². The molecule has 0 saturated heterocycles. The van der Waals surface area contributed by atoms with Crippen molar-refractivity contribution >= 4 is 97.2 Å². The van der Waals surface area contributed by atoms with Gasteiger partial charge in [0, 0.05) is 45.6 Å². The van der Waals surface area contributed by atoms with Crippen LogP contribution < -0.4 is 4.90 Å². The molecule has 0 bridgehead atoms. The van der Waals surface area contributed by atoms with Gasteiger partial charge in [-0.05, 0) is 96.8 Å². The molecule has 5 aromatic rings. The molecular weight excluding hydrogens is 965 g/mol. The number of likely N-dealkylation sites (N-methyl/N-ethyl adjacent to an activating group) is 1. The maximum Gasteiger partial charge on any atom is 0.264 e. The van der Waals surface area contributed by atoms with Crippen LogP contribution in [0.1, 0.15) is 138 Å². The Hall–Kier alpha value is -4.21. The van der Waals surface area contributed by atoms with Gasteiger partial charge in [0.2, 0.25) is 6.23 Å². The second-order valence-corrected chi connectivity index (χ2v) is 24.6. The predicted octanol–water partition coefficient (Wildman–Crippen LogP) is 13.6. The van der Waals surface area contributed by atoms with Gasteiger partial charge in [-0.15, -0.1) is 56.7 Å². The first-order chi connectivity index (χ1) is 34.1. The summed E-state index contributed by atoms with van der Waals surface area (Å²) < 4.78 is 0. The molecular formula is C57H69N4O4S5+. The van der Waals surface area contributed by atoms with E-state index in [-0.39, 0.29) is 17.7 Å². The van der Waals surface area contributed by atoms with Crippen molar-refractivity contribution in [3.8, 4) is 19.5 Å². The fraction of sp³-hybridized carbons (Fsp3) is 0.456. The van der Waals surface area contributed by atoms with Gasteiger partial charge in [0.05, 0.1) is 59.9 Å². The highest BCUT2D eigenvalue weighted by molar-refractivity contribution is 7.27. The third-order valence-corrected chi connectivity index (χ3v) is 20.5. The molecule has 13 heteroatoms. The van der Waals surface area contributed by atoms with Crippen LogP contribution in [-0.4, -0.2) is 70.4 Å². The second-order valence-electron chi connectivity index (χ2n) is 19.5. The lowest BCUT2D eigenvalue weighted by Gasteiger charge is -2.29. The molecule has 0 fully saturated rings. The fourth-order valence-electron chi connectivity index (χ4n) is 11.0. The third-order valence-electron chi connectivity index (χ3n) is 15.0. The van der Waals surface area contributed by atoms with E-state index in [1.807, 2.05) is 34.4 Å². The maximum atomic E-state index is 15.1. The molecule has 0 radical (unpaired) electrons. The Labute approximate surface area is 435 Å². The molecule has 2 N–H and O–H groups in total. The topological polar surface area (TPSA) is 85.6 Å². The van der Waals surface area contributed by atoms with Gasteiger partial charge in [0.25, 0.3) is 17.7 Å². The van der Waals surface area contributed by atoms with Crippen LogP contribution in [-0.2, 0) is 14.4 Å². The number of aliphatic hydroxyl groups excluding tert-OH is 1. The first kappa shape index (κ1) is 50.7. The number of aliphatic hydroxyl groups is 1. The van der Waals surface area contributed by atoms with E-state index in [0.717, 1.165) is 156 Å². The number of hydrogen-bond acceptors (Lipinski definition) is 9. The average Bonchev–Trinajstić information content (AvgIpc) is 4.23. The van der Waals surface area contributed by atoms with Gasteiger partial charge in [-0.25, -0.2) is 0 Å². The first-order valence-corrected chi connectivity index (χ1v) is 30.1. The second kappa shape index (κ2) is 22.3. The number of nitrogens with zero attached hydrogens (tertiary/aromatic N) is 3. The molecule has 5 aromatic heterocycles. The Kier molecular flexibility index (Phi) is 16.1. The summed E-state index contributed by atoms with van der Waals surface area (Å²) in [6.07, 6.45) is 12.1. The molecule has 4 aliphatic heterocycles. The molecule has 3 amide bonds. The van der Waals surface area contributed by atoms with Gasteiger partial charge in [0.1, 0.15) is 5.57 Å². The number of nitrogens with one attached hydrogen (secondary N) is 1. The summed E-state index contributed by atoms with van der Waals surface area (Å²) in [5.41, 5.74) is 5.87. The zero-order chi connectivity index (χ0) is 49.2. The van der Waals surface area contributed by atoms with E-state index in [9.17, 15) is 9.90 Å². The van der Waals surface area contributed by atoms with Gasteiger partial charge >= 0.3 is 0 Å². The highest BCUT2D eigenvalue weighted by Gasteiger charge is 2.53. The summed E-state index contributed by atoms with van der Waals surface area (Å²) in [6.45, 7) is 15.3. The van der Waals surface area contributed by atoms with Crippen LogP contribution in [0.3, 0.4) is 0 Å². The standard InChI is InChI=1S/C57H68N4O4S5/c1-8-14-19-35(11-4)32-59-51(42-22-17-30-66-42)47-46(55(59)63)50(58(7)54(47)62)44-28-26-40(69-44)38-24-25-39(68-38)41-27-29-45(70-41)53-49-48(56(64)61(53)34-37(13-6)21-16-10-3)52(43-23-18-31-67-43)60(57(49)65)33-36(12-5)20-15-9-2/h17-18,22-31,35-37,55,63H,8-16,19-21,32-34H2,1-7H3/p+1. The minimum Gasteiger partial charge on any atom is -0.341 e.